The molecule has 5 heteroatoms. The van der Waals surface area contributed by atoms with Gasteiger partial charge < -0.3 is 15.7 Å². The Balaban J connectivity index is 1.84. The monoisotopic (exact) mass is 444 g/mol. The Morgan fingerprint density at radius 2 is 1.58 bits per heavy atom. The molecule has 0 heterocycles. The standard InChI is InChI=1S/C28H32N2O3/c1-20(2)17-26(23-11-7-4-8-12-23)30-28(33)25-18-24(15-13-22(25)14-16-27(31)32)29-19-21-9-5-3-6-10-21/h3-13,15,18,20,26,29H,14,16-17,19H2,1-2H3,(H,30,33)(H,31,32). The largest absolute Gasteiger partial charge is 0.481 e. The quantitative estimate of drug-likeness (QED) is 0.347. The maximum absolute atomic E-state index is 13.4. The molecule has 1 unspecified atom stereocenters. The first-order chi connectivity index (χ1) is 15.9. The SMILES string of the molecule is CC(C)CC(NC(=O)c1cc(NCc2ccccc2)ccc1CCC(=O)O)c1ccccc1. The molecular weight excluding hydrogens is 412 g/mol. The Hall–Kier alpha value is -3.60. The average molecular weight is 445 g/mol. The van der Waals surface area contributed by atoms with E-state index in [1.165, 1.54) is 0 Å². The topological polar surface area (TPSA) is 78.4 Å². The van der Waals surface area contributed by atoms with Crippen LogP contribution in [0.25, 0.3) is 0 Å². The van der Waals surface area contributed by atoms with E-state index >= 15 is 0 Å². The molecule has 0 aliphatic rings. The number of anilines is 1. The van der Waals surface area contributed by atoms with Crippen LogP contribution in [0.4, 0.5) is 5.69 Å². The van der Waals surface area contributed by atoms with Gasteiger partial charge in [0.1, 0.15) is 0 Å². The first kappa shape index (κ1) is 24.1. The number of hydrogen-bond donors (Lipinski definition) is 3. The molecule has 3 aromatic rings. The van der Waals surface area contributed by atoms with Crippen LogP contribution in [0.5, 0.6) is 0 Å². The third-order valence-electron chi connectivity index (χ3n) is 5.52. The van der Waals surface area contributed by atoms with Crippen LogP contribution in [0.15, 0.2) is 78.9 Å². The summed E-state index contributed by atoms with van der Waals surface area (Å²) in [5.74, 6) is -0.663. The zero-order valence-corrected chi connectivity index (χ0v) is 19.3. The van der Waals surface area contributed by atoms with Gasteiger partial charge in [0.25, 0.3) is 5.91 Å². The number of rotatable bonds is 11. The normalized spacial score (nSPS) is 11.7. The van der Waals surface area contributed by atoms with Gasteiger partial charge in [0.15, 0.2) is 0 Å². The van der Waals surface area contributed by atoms with Gasteiger partial charge in [-0.2, -0.15) is 0 Å². The van der Waals surface area contributed by atoms with Crippen molar-refractivity contribution in [3.05, 3.63) is 101 Å². The van der Waals surface area contributed by atoms with Gasteiger partial charge in [-0.3, -0.25) is 9.59 Å². The Kier molecular flexibility index (Phi) is 8.64. The van der Waals surface area contributed by atoms with Crippen LogP contribution >= 0.6 is 0 Å². The van der Waals surface area contributed by atoms with Gasteiger partial charge in [-0.05, 0) is 47.6 Å². The molecule has 5 nitrogen and oxygen atoms in total. The molecule has 0 fully saturated rings. The number of amides is 1. The number of carboxylic acid groups (broad SMARTS) is 1. The number of carboxylic acids is 1. The molecule has 0 aliphatic carbocycles. The van der Waals surface area contributed by atoms with Crippen molar-refractivity contribution in [2.24, 2.45) is 5.92 Å². The molecule has 0 aliphatic heterocycles. The number of aryl methyl sites for hydroxylation is 1. The number of carbonyl (C=O) groups excluding carboxylic acids is 1. The van der Waals surface area contributed by atoms with E-state index in [4.69, 9.17) is 5.11 Å². The minimum Gasteiger partial charge on any atom is -0.481 e. The number of benzene rings is 3. The summed E-state index contributed by atoms with van der Waals surface area (Å²) in [5.41, 5.74) is 4.27. The Morgan fingerprint density at radius 1 is 0.909 bits per heavy atom. The summed E-state index contributed by atoms with van der Waals surface area (Å²) in [6, 6.07) is 25.5. The van der Waals surface area contributed by atoms with Crippen molar-refractivity contribution >= 4 is 17.6 Å². The molecule has 0 spiro atoms. The van der Waals surface area contributed by atoms with Gasteiger partial charge in [0, 0.05) is 24.2 Å². The smallest absolute Gasteiger partial charge is 0.303 e. The van der Waals surface area contributed by atoms with Crippen LogP contribution < -0.4 is 10.6 Å². The fourth-order valence-electron chi connectivity index (χ4n) is 3.83. The first-order valence-electron chi connectivity index (χ1n) is 11.4. The van der Waals surface area contributed by atoms with Gasteiger partial charge in [-0.25, -0.2) is 0 Å². The van der Waals surface area contributed by atoms with Crippen molar-refractivity contribution in [3.63, 3.8) is 0 Å². The molecule has 3 N–H and O–H groups in total. The van der Waals surface area contributed by atoms with Crippen molar-refractivity contribution in [3.8, 4) is 0 Å². The van der Waals surface area contributed by atoms with Crippen LogP contribution in [-0.4, -0.2) is 17.0 Å². The van der Waals surface area contributed by atoms with E-state index in [0.717, 1.165) is 28.8 Å². The maximum Gasteiger partial charge on any atom is 0.303 e. The highest BCUT2D eigenvalue weighted by Crippen LogP contribution is 2.24. The Labute approximate surface area is 195 Å². The third kappa shape index (κ3) is 7.49. The van der Waals surface area contributed by atoms with Crippen molar-refractivity contribution < 1.29 is 14.7 Å². The van der Waals surface area contributed by atoms with Gasteiger partial charge in [0.2, 0.25) is 0 Å². The third-order valence-corrected chi connectivity index (χ3v) is 5.52. The average Bonchev–Trinajstić information content (AvgIpc) is 2.82. The predicted molar refractivity (Wildman–Crippen MR) is 132 cm³/mol. The van der Waals surface area contributed by atoms with E-state index in [0.29, 0.717) is 24.4 Å². The van der Waals surface area contributed by atoms with E-state index in [1.807, 2.05) is 78.9 Å². The van der Waals surface area contributed by atoms with E-state index in [1.54, 1.807) is 0 Å². The maximum atomic E-state index is 13.4. The summed E-state index contributed by atoms with van der Waals surface area (Å²) in [7, 11) is 0. The summed E-state index contributed by atoms with van der Waals surface area (Å²) in [4.78, 5) is 24.6. The molecule has 3 rings (SSSR count). The van der Waals surface area contributed by atoms with E-state index in [2.05, 4.69) is 24.5 Å². The number of hydrogen-bond acceptors (Lipinski definition) is 3. The van der Waals surface area contributed by atoms with Gasteiger partial charge in [-0.1, -0.05) is 80.6 Å². The van der Waals surface area contributed by atoms with E-state index in [-0.39, 0.29) is 18.4 Å². The molecule has 0 saturated heterocycles. The fraction of sp³-hybridized carbons (Fsp3) is 0.286. The molecule has 0 saturated carbocycles. The lowest BCUT2D eigenvalue weighted by Crippen LogP contribution is -2.30. The second kappa shape index (κ2) is 11.9. The van der Waals surface area contributed by atoms with Crippen LogP contribution in [-0.2, 0) is 17.8 Å². The summed E-state index contributed by atoms with van der Waals surface area (Å²) < 4.78 is 0. The summed E-state index contributed by atoms with van der Waals surface area (Å²) in [6.45, 7) is 4.90. The minimum absolute atomic E-state index is 0.0226. The molecule has 172 valence electrons. The second-order valence-corrected chi connectivity index (χ2v) is 8.67. The number of nitrogens with one attached hydrogen (secondary N) is 2. The highest BCUT2D eigenvalue weighted by molar-refractivity contribution is 5.97. The molecular formula is C28H32N2O3. The Morgan fingerprint density at radius 3 is 2.21 bits per heavy atom. The van der Waals surface area contributed by atoms with E-state index < -0.39 is 5.97 Å². The lowest BCUT2D eigenvalue weighted by molar-refractivity contribution is -0.136. The van der Waals surface area contributed by atoms with Crippen LogP contribution in [0.3, 0.4) is 0 Å². The number of aliphatic carboxylic acids is 1. The summed E-state index contributed by atoms with van der Waals surface area (Å²) in [5, 5.41) is 15.7. The highest BCUT2D eigenvalue weighted by atomic mass is 16.4. The molecule has 0 bridgehead atoms. The molecule has 0 radical (unpaired) electrons. The van der Waals surface area contributed by atoms with Crippen molar-refractivity contribution in [2.75, 3.05) is 5.32 Å². The molecule has 3 aromatic carbocycles. The number of carbonyl (C=O) groups is 2. The second-order valence-electron chi connectivity index (χ2n) is 8.67. The van der Waals surface area contributed by atoms with Crippen LogP contribution in [0.2, 0.25) is 0 Å². The lowest BCUT2D eigenvalue weighted by atomic mass is 9.95. The molecule has 1 amide bonds. The first-order valence-corrected chi connectivity index (χ1v) is 11.4. The van der Waals surface area contributed by atoms with Crippen molar-refractivity contribution in [1.29, 1.82) is 0 Å². The molecule has 33 heavy (non-hydrogen) atoms. The van der Waals surface area contributed by atoms with Crippen molar-refractivity contribution in [1.82, 2.24) is 5.32 Å². The zero-order valence-electron chi connectivity index (χ0n) is 19.3. The fourth-order valence-corrected chi connectivity index (χ4v) is 3.83. The lowest BCUT2D eigenvalue weighted by Gasteiger charge is -2.22. The van der Waals surface area contributed by atoms with Crippen molar-refractivity contribution in [2.45, 2.75) is 45.7 Å². The summed E-state index contributed by atoms with van der Waals surface area (Å²) >= 11 is 0. The van der Waals surface area contributed by atoms with Crippen LogP contribution in [0, 0.1) is 5.92 Å². The van der Waals surface area contributed by atoms with E-state index in [9.17, 15) is 9.59 Å². The predicted octanol–water partition coefficient (Wildman–Crippen LogP) is 5.83. The zero-order chi connectivity index (χ0) is 23.6. The molecule has 0 aromatic heterocycles. The minimum atomic E-state index is -0.880. The van der Waals surface area contributed by atoms with Gasteiger partial charge in [0.05, 0.1) is 6.04 Å². The van der Waals surface area contributed by atoms with Crippen LogP contribution in [0.1, 0.15) is 59.8 Å². The summed E-state index contributed by atoms with van der Waals surface area (Å²) in [6.07, 6.45) is 1.09. The molecule has 1 atom stereocenters. The Bertz CT molecular complexity index is 1050. The van der Waals surface area contributed by atoms with Gasteiger partial charge in [-0.15, -0.1) is 0 Å². The van der Waals surface area contributed by atoms with Gasteiger partial charge >= 0.3 is 5.97 Å². The highest BCUT2D eigenvalue weighted by Gasteiger charge is 2.20.